The number of nitrogens with two attached hydrogens (primary N) is 1. The van der Waals surface area contributed by atoms with Gasteiger partial charge in [-0.2, -0.15) is 13.2 Å². The number of rotatable bonds is 2. The fourth-order valence-electron chi connectivity index (χ4n) is 1.82. The van der Waals surface area contributed by atoms with E-state index in [1.54, 1.807) is 6.92 Å². The Balaban J connectivity index is 2.71. The zero-order valence-electron chi connectivity index (χ0n) is 9.95. The normalized spacial score (nSPS) is 13.6. The summed E-state index contributed by atoms with van der Waals surface area (Å²) in [6.07, 6.45) is -1.80. The number of para-hydroxylation sites is 1. The zero-order chi connectivity index (χ0) is 14.2. The van der Waals surface area contributed by atoms with Crippen molar-refractivity contribution in [2.75, 3.05) is 0 Å². The average Bonchev–Trinajstić information content (AvgIpc) is 2.76. The molecule has 102 valence electrons. The first kappa shape index (κ1) is 13.9. The van der Waals surface area contributed by atoms with Crippen LogP contribution in [0.3, 0.4) is 0 Å². The Morgan fingerprint density at radius 1 is 1.37 bits per heavy atom. The fourth-order valence-corrected chi connectivity index (χ4v) is 2.08. The van der Waals surface area contributed by atoms with Gasteiger partial charge in [0.2, 0.25) is 0 Å². The molecule has 2 N–H and O–H groups in total. The molecule has 2 rings (SSSR count). The lowest BCUT2D eigenvalue weighted by Crippen LogP contribution is -2.15. The molecule has 1 atom stereocenters. The minimum atomic E-state index is -4.50. The van der Waals surface area contributed by atoms with Crippen molar-refractivity contribution < 1.29 is 13.2 Å². The molecule has 19 heavy (non-hydrogen) atoms. The standard InChI is InChI=1S/C12H11ClF3N3/c1-7(17)10-5-18-6-19(10)11-8(12(14,15)16)3-2-4-9(11)13/h2-7H,17H2,1H3/t7-/m1/s1. The Labute approximate surface area is 112 Å². The van der Waals surface area contributed by atoms with Gasteiger partial charge in [0.1, 0.15) is 0 Å². The number of aromatic nitrogens is 2. The van der Waals surface area contributed by atoms with Crippen molar-refractivity contribution in [1.82, 2.24) is 9.55 Å². The molecule has 1 aromatic heterocycles. The first-order valence-corrected chi connectivity index (χ1v) is 5.84. The molecule has 0 aliphatic carbocycles. The number of alkyl halides is 3. The monoisotopic (exact) mass is 289 g/mol. The van der Waals surface area contributed by atoms with Crippen LogP contribution in [0.1, 0.15) is 24.2 Å². The quantitative estimate of drug-likeness (QED) is 0.918. The predicted molar refractivity (Wildman–Crippen MR) is 66.2 cm³/mol. The van der Waals surface area contributed by atoms with E-state index < -0.39 is 17.8 Å². The molecule has 0 saturated heterocycles. The van der Waals surface area contributed by atoms with Gasteiger partial charge >= 0.3 is 6.18 Å². The molecule has 0 aliphatic rings. The summed E-state index contributed by atoms with van der Waals surface area (Å²) in [5, 5.41) is -0.00488. The van der Waals surface area contributed by atoms with Crippen LogP contribution in [-0.4, -0.2) is 9.55 Å². The summed E-state index contributed by atoms with van der Waals surface area (Å²) in [6, 6.07) is 3.18. The van der Waals surface area contributed by atoms with E-state index >= 15 is 0 Å². The van der Waals surface area contributed by atoms with Crippen LogP contribution in [0.5, 0.6) is 0 Å². The minimum absolute atomic E-state index is 0.00488. The topological polar surface area (TPSA) is 43.8 Å². The van der Waals surface area contributed by atoms with E-state index in [-0.39, 0.29) is 10.7 Å². The van der Waals surface area contributed by atoms with Gasteiger partial charge in [0, 0.05) is 6.04 Å². The van der Waals surface area contributed by atoms with Crippen LogP contribution in [0.2, 0.25) is 5.02 Å². The van der Waals surface area contributed by atoms with Crippen molar-refractivity contribution in [3.05, 3.63) is 47.0 Å². The van der Waals surface area contributed by atoms with Crippen LogP contribution < -0.4 is 5.73 Å². The number of benzene rings is 1. The molecule has 1 heterocycles. The summed E-state index contributed by atoms with van der Waals surface area (Å²) in [5.41, 5.74) is 5.21. The fraction of sp³-hybridized carbons (Fsp3) is 0.250. The summed E-state index contributed by atoms with van der Waals surface area (Å²) < 4.78 is 40.4. The minimum Gasteiger partial charge on any atom is -0.323 e. The highest BCUT2D eigenvalue weighted by molar-refractivity contribution is 6.32. The molecule has 0 fully saturated rings. The SMILES string of the molecule is C[C@@H](N)c1cncn1-c1c(Cl)cccc1C(F)(F)F. The Morgan fingerprint density at radius 3 is 2.63 bits per heavy atom. The predicted octanol–water partition coefficient (Wildman–Crippen LogP) is 3.56. The largest absolute Gasteiger partial charge is 0.418 e. The molecule has 0 bridgehead atoms. The van der Waals surface area contributed by atoms with Gasteiger partial charge in [-0.15, -0.1) is 0 Å². The maximum atomic E-state index is 13.0. The molecule has 0 unspecified atom stereocenters. The van der Waals surface area contributed by atoms with Crippen molar-refractivity contribution in [3.63, 3.8) is 0 Å². The summed E-state index contributed by atoms with van der Waals surface area (Å²) in [7, 11) is 0. The smallest absolute Gasteiger partial charge is 0.323 e. The molecular weight excluding hydrogens is 279 g/mol. The van der Waals surface area contributed by atoms with Gasteiger partial charge in [0.25, 0.3) is 0 Å². The lowest BCUT2D eigenvalue weighted by Gasteiger charge is -2.18. The van der Waals surface area contributed by atoms with Gasteiger partial charge < -0.3 is 5.73 Å². The molecule has 0 aliphatic heterocycles. The molecule has 0 radical (unpaired) electrons. The van der Waals surface area contributed by atoms with Gasteiger partial charge in [0.05, 0.1) is 34.5 Å². The molecule has 0 spiro atoms. The second-order valence-corrected chi connectivity index (χ2v) is 4.52. The van der Waals surface area contributed by atoms with E-state index in [0.29, 0.717) is 5.69 Å². The van der Waals surface area contributed by atoms with Crippen LogP contribution in [0.15, 0.2) is 30.7 Å². The summed E-state index contributed by atoms with van der Waals surface area (Å²) >= 11 is 5.91. The summed E-state index contributed by atoms with van der Waals surface area (Å²) in [4.78, 5) is 3.84. The Morgan fingerprint density at radius 2 is 2.05 bits per heavy atom. The maximum Gasteiger partial charge on any atom is 0.418 e. The highest BCUT2D eigenvalue weighted by Crippen LogP contribution is 2.38. The third-order valence-electron chi connectivity index (χ3n) is 2.67. The van der Waals surface area contributed by atoms with Crippen LogP contribution in [0.25, 0.3) is 5.69 Å². The van der Waals surface area contributed by atoms with E-state index in [4.69, 9.17) is 17.3 Å². The van der Waals surface area contributed by atoms with Crippen LogP contribution in [0.4, 0.5) is 13.2 Å². The third kappa shape index (κ3) is 2.59. The zero-order valence-corrected chi connectivity index (χ0v) is 10.7. The molecule has 7 heteroatoms. The van der Waals surface area contributed by atoms with Crippen LogP contribution in [-0.2, 0) is 6.18 Å². The first-order chi connectivity index (χ1) is 8.82. The van der Waals surface area contributed by atoms with E-state index in [2.05, 4.69) is 4.98 Å². The van der Waals surface area contributed by atoms with Gasteiger partial charge in [-0.25, -0.2) is 4.98 Å². The number of hydrogen-bond donors (Lipinski definition) is 1. The van der Waals surface area contributed by atoms with Crippen molar-refractivity contribution in [2.24, 2.45) is 5.73 Å². The highest BCUT2D eigenvalue weighted by atomic mass is 35.5. The van der Waals surface area contributed by atoms with E-state index in [9.17, 15) is 13.2 Å². The summed E-state index contributed by atoms with van der Waals surface area (Å²) in [5.74, 6) is 0. The van der Waals surface area contributed by atoms with Crippen molar-refractivity contribution in [3.8, 4) is 5.69 Å². The molecule has 0 amide bonds. The van der Waals surface area contributed by atoms with Gasteiger partial charge in [0.15, 0.2) is 0 Å². The van der Waals surface area contributed by atoms with E-state index in [0.717, 1.165) is 6.07 Å². The van der Waals surface area contributed by atoms with Crippen LogP contribution >= 0.6 is 11.6 Å². The Bertz CT molecular complexity index is 590. The molecular formula is C12H11ClF3N3. The van der Waals surface area contributed by atoms with Crippen molar-refractivity contribution >= 4 is 11.6 Å². The van der Waals surface area contributed by atoms with E-state index in [1.807, 2.05) is 0 Å². The molecule has 2 aromatic rings. The number of imidazole rings is 1. The highest BCUT2D eigenvalue weighted by Gasteiger charge is 2.35. The summed E-state index contributed by atoms with van der Waals surface area (Å²) in [6.45, 7) is 1.66. The Hall–Kier alpha value is -1.53. The third-order valence-corrected chi connectivity index (χ3v) is 2.97. The average molecular weight is 290 g/mol. The molecule has 3 nitrogen and oxygen atoms in total. The van der Waals surface area contributed by atoms with Crippen molar-refractivity contribution in [1.29, 1.82) is 0 Å². The lowest BCUT2D eigenvalue weighted by atomic mass is 10.1. The van der Waals surface area contributed by atoms with Crippen LogP contribution in [0, 0.1) is 0 Å². The van der Waals surface area contributed by atoms with Gasteiger partial charge in [-0.3, -0.25) is 4.57 Å². The Kier molecular flexibility index (Phi) is 3.56. The first-order valence-electron chi connectivity index (χ1n) is 5.46. The maximum absolute atomic E-state index is 13.0. The van der Waals surface area contributed by atoms with Crippen molar-refractivity contribution in [2.45, 2.75) is 19.1 Å². The molecule has 0 saturated carbocycles. The number of halogens is 4. The number of nitrogens with zero attached hydrogens (tertiary/aromatic N) is 2. The second kappa shape index (κ2) is 4.86. The lowest BCUT2D eigenvalue weighted by molar-refractivity contribution is -0.137. The molecule has 1 aromatic carbocycles. The van der Waals surface area contributed by atoms with Gasteiger partial charge in [-0.1, -0.05) is 17.7 Å². The van der Waals surface area contributed by atoms with E-state index in [1.165, 1.54) is 29.2 Å². The van der Waals surface area contributed by atoms with Gasteiger partial charge in [-0.05, 0) is 19.1 Å². The number of hydrogen-bond acceptors (Lipinski definition) is 2. The second-order valence-electron chi connectivity index (χ2n) is 4.11.